The molecule has 66 valence electrons. The summed E-state index contributed by atoms with van der Waals surface area (Å²) in [5, 5.41) is 1.78. The zero-order valence-corrected chi connectivity index (χ0v) is 8.15. The lowest BCUT2D eigenvalue weighted by Crippen LogP contribution is -2.29. The molecule has 12 heavy (non-hydrogen) atoms. The third kappa shape index (κ3) is 1.85. The number of hydrogen-bond donors (Lipinski definition) is 0. The van der Waals surface area contributed by atoms with E-state index in [1.165, 1.54) is 11.3 Å². The summed E-state index contributed by atoms with van der Waals surface area (Å²) in [6.07, 6.45) is 0. The molecular formula is C9H13NOS. The van der Waals surface area contributed by atoms with Crippen LogP contribution in [0.15, 0.2) is 17.5 Å². The van der Waals surface area contributed by atoms with Gasteiger partial charge in [-0.05, 0) is 25.3 Å². The molecule has 0 aliphatic rings. The first-order chi connectivity index (χ1) is 6.20. The summed E-state index contributed by atoms with van der Waals surface area (Å²) in [6, 6.07) is 1.99. The number of thiophene rings is 1. The van der Waals surface area contributed by atoms with Crippen molar-refractivity contribution < 1.29 is 6.17 Å². The summed E-state index contributed by atoms with van der Waals surface area (Å²) in [5.74, 6) is -0.0231. The van der Waals surface area contributed by atoms with E-state index in [0.29, 0.717) is 24.0 Å². The maximum Gasteiger partial charge on any atom is 0.263 e. The van der Waals surface area contributed by atoms with E-state index in [-0.39, 0.29) is 5.91 Å². The molecule has 0 fully saturated rings. The van der Waals surface area contributed by atoms with Crippen molar-refractivity contribution in [2.75, 3.05) is 13.1 Å². The van der Waals surface area contributed by atoms with E-state index in [2.05, 4.69) is 0 Å². The molecule has 0 unspecified atom stereocenters. The molecule has 0 spiro atoms. The summed E-state index contributed by atoms with van der Waals surface area (Å²) in [7, 11) is 0. The van der Waals surface area contributed by atoms with Crippen LogP contribution in [-0.2, 0) is 0 Å². The van der Waals surface area contributed by atoms with Crippen molar-refractivity contribution in [1.29, 1.82) is 0 Å². The monoisotopic (exact) mass is 184 g/mol. The van der Waals surface area contributed by atoms with E-state index < -0.39 is 0 Å². The standard InChI is InChI=1S/C9H13NOS/c1-3-10(4-2)9(11)8-6-5-7-12-8/h5-7H,3-4H2,1-2H3/i6D. The van der Waals surface area contributed by atoms with Gasteiger partial charge in [0.1, 0.15) is 0 Å². The molecule has 1 rings (SSSR count). The predicted octanol–water partition coefficient (Wildman–Crippen LogP) is 2.23. The molecule has 1 heterocycles. The Hall–Kier alpha value is -0.830. The van der Waals surface area contributed by atoms with Gasteiger partial charge in [-0.3, -0.25) is 4.79 Å². The quantitative estimate of drug-likeness (QED) is 0.705. The summed E-state index contributed by atoms with van der Waals surface area (Å²) in [6.45, 7) is 5.29. The molecule has 1 aromatic heterocycles. The number of amides is 1. The Morgan fingerprint density at radius 3 is 2.75 bits per heavy atom. The normalized spacial score (nSPS) is 11.0. The molecule has 0 atom stereocenters. The van der Waals surface area contributed by atoms with Crippen LogP contribution in [0.5, 0.6) is 0 Å². The van der Waals surface area contributed by atoms with Crippen LogP contribution in [-0.4, -0.2) is 23.9 Å². The molecule has 0 N–H and O–H groups in total. The number of carbonyl (C=O) groups excluding carboxylic acids is 1. The highest BCUT2D eigenvalue weighted by Gasteiger charge is 2.11. The highest BCUT2D eigenvalue weighted by atomic mass is 32.1. The molecule has 1 aromatic rings. The predicted molar refractivity (Wildman–Crippen MR) is 51.6 cm³/mol. The van der Waals surface area contributed by atoms with Gasteiger partial charge in [0.2, 0.25) is 0 Å². The fraction of sp³-hybridized carbons (Fsp3) is 0.444. The van der Waals surface area contributed by atoms with Crippen molar-refractivity contribution in [3.63, 3.8) is 0 Å². The first kappa shape index (κ1) is 7.80. The molecule has 1 amide bonds. The second kappa shape index (κ2) is 4.26. The van der Waals surface area contributed by atoms with E-state index in [0.717, 1.165) is 0 Å². The topological polar surface area (TPSA) is 20.3 Å². The van der Waals surface area contributed by atoms with Crippen LogP contribution in [0.1, 0.15) is 24.9 Å². The number of carbonyl (C=O) groups is 1. The molecule has 0 saturated carbocycles. The van der Waals surface area contributed by atoms with Crippen molar-refractivity contribution in [2.45, 2.75) is 13.8 Å². The van der Waals surface area contributed by atoms with Crippen LogP contribution >= 0.6 is 11.3 Å². The van der Waals surface area contributed by atoms with Gasteiger partial charge in [-0.25, -0.2) is 0 Å². The third-order valence-corrected chi connectivity index (χ3v) is 2.51. The smallest absolute Gasteiger partial charge is 0.263 e. The van der Waals surface area contributed by atoms with E-state index in [9.17, 15) is 4.79 Å². The zero-order valence-electron chi connectivity index (χ0n) is 8.33. The molecule has 0 aromatic carbocycles. The Kier molecular flexibility index (Phi) is 2.77. The molecule has 2 nitrogen and oxygen atoms in total. The first-order valence-electron chi connectivity index (χ1n) is 4.54. The van der Waals surface area contributed by atoms with Crippen molar-refractivity contribution in [1.82, 2.24) is 4.90 Å². The van der Waals surface area contributed by atoms with E-state index in [1.807, 2.05) is 13.8 Å². The third-order valence-electron chi connectivity index (χ3n) is 1.71. The van der Waals surface area contributed by atoms with Crippen molar-refractivity contribution in [2.24, 2.45) is 0 Å². The van der Waals surface area contributed by atoms with Crippen LogP contribution < -0.4 is 0 Å². The van der Waals surface area contributed by atoms with Crippen molar-refractivity contribution in [3.8, 4) is 0 Å². The lowest BCUT2D eigenvalue weighted by Gasteiger charge is -2.17. The van der Waals surface area contributed by atoms with Crippen molar-refractivity contribution in [3.05, 3.63) is 22.4 Å². The van der Waals surface area contributed by atoms with E-state index in [4.69, 9.17) is 1.37 Å². The fourth-order valence-corrected chi connectivity index (χ4v) is 1.65. The molecular weight excluding hydrogens is 170 g/mol. The minimum atomic E-state index is -0.0231. The molecule has 3 heteroatoms. The maximum atomic E-state index is 11.7. The summed E-state index contributed by atoms with van der Waals surface area (Å²) in [4.78, 5) is 14.0. The molecule has 0 bridgehead atoms. The van der Waals surface area contributed by atoms with Crippen LogP contribution in [0.25, 0.3) is 0 Å². The Balaban J connectivity index is 2.84. The molecule has 0 aliphatic heterocycles. The van der Waals surface area contributed by atoms with Gasteiger partial charge in [0.25, 0.3) is 5.91 Å². The summed E-state index contributed by atoms with van der Waals surface area (Å²) < 4.78 is 7.49. The van der Waals surface area contributed by atoms with Crippen LogP contribution in [0, 0.1) is 0 Å². The van der Waals surface area contributed by atoms with Gasteiger partial charge >= 0.3 is 0 Å². The summed E-state index contributed by atoms with van der Waals surface area (Å²) in [5.41, 5.74) is 0. The average molecular weight is 184 g/mol. The molecule has 0 aliphatic carbocycles. The molecule has 0 radical (unpaired) electrons. The highest BCUT2D eigenvalue weighted by molar-refractivity contribution is 7.12. The van der Waals surface area contributed by atoms with Gasteiger partial charge in [0.15, 0.2) is 0 Å². The Morgan fingerprint density at radius 1 is 1.67 bits per heavy atom. The number of rotatable bonds is 3. The number of hydrogen-bond acceptors (Lipinski definition) is 2. The zero-order chi connectivity index (χ0) is 9.84. The van der Waals surface area contributed by atoms with Gasteiger partial charge < -0.3 is 4.90 Å². The average Bonchev–Trinajstić information content (AvgIpc) is 2.53. The van der Waals surface area contributed by atoms with Gasteiger partial charge in [-0.1, -0.05) is 6.07 Å². The van der Waals surface area contributed by atoms with Crippen LogP contribution in [0.4, 0.5) is 0 Å². The fourth-order valence-electron chi connectivity index (χ4n) is 1.01. The van der Waals surface area contributed by atoms with Crippen LogP contribution in [0.3, 0.4) is 0 Å². The summed E-state index contributed by atoms with van der Waals surface area (Å²) >= 11 is 1.34. The largest absolute Gasteiger partial charge is 0.339 e. The molecule has 0 saturated heterocycles. The van der Waals surface area contributed by atoms with Crippen LogP contribution in [0.2, 0.25) is 0 Å². The van der Waals surface area contributed by atoms with E-state index >= 15 is 0 Å². The lowest BCUT2D eigenvalue weighted by molar-refractivity contribution is 0.0778. The van der Waals surface area contributed by atoms with Gasteiger partial charge in [0, 0.05) is 13.1 Å². The van der Waals surface area contributed by atoms with Gasteiger partial charge in [-0.15, -0.1) is 11.3 Å². The lowest BCUT2D eigenvalue weighted by atomic mass is 10.4. The second-order valence-electron chi connectivity index (χ2n) is 2.37. The van der Waals surface area contributed by atoms with E-state index in [1.54, 1.807) is 16.3 Å². The SMILES string of the molecule is [2H]c1ccsc1C(=O)N(CC)CC. The van der Waals surface area contributed by atoms with Crippen molar-refractivity contribution >= 4 is 17.2 Å². The minimum Gasteiger partial charge on any atom is -0.339 e. The maximum absolute atomic E-state index is 11.7. The minimum absolute atomic E-state index is 0.0231. The Labute approximate surface area is 78.2 Å². The Bertz CT molecular complexity index is 294. The van der Waals surface area contributed by atoms with Gasteiger partial charge in [0.05, 0.1) is 6.25 Å². The number of nitrogens with zero attached hydrogens (tertiary/aromatic N) is 1. The van der Waals surface area contributed by atoms with Gasteiger partial charge in [-0.2, -0.15) is 0 Å². The Morgan fingerprint density at radius 2 is 2.33 bits per heavy atom. The second-order valence-corrected chi connectivity index (χ2v) is 3.29. The first-order valence-corrected chi connectivity index (χ1v) is 4.92. The highest BCUT2D eigenvalue weighted by Crippen LogP contribution is 2.11.